The molecule has 10 heteroatoms. The Morgan fingerprint density at radius 1 is 1.00 bits per heavy atom. The van der Waals surface area contributed by atoms with Gasteiger partial charge in [0.05, 0.1) is 25.6 Å². The zero-order valence-electron chi connectivity index (χ0n) is 17.9. The fraction of sp³-hybridized carbons (Fsp3) is 0.333. The van der Waals surface area contributed by atoms with Crippen LogP contribution in [0.2, 0.25) is 0 Å². The molecule has 31 heavy (non-hydrogen) atoms. The van der Waals surface area contributed by atoms with Crippen molar-refractivity contribution < 1.29 is 27.5 Å². The van der Waals surface area contributed by atoms with Gasteiger partial charge in [0.15, 0.2) is 0 Å². The molecule has 2 aromatic carbocycles. The first-order chi connectivity index (χ1) is 14.8. The molecule has 1 heterocycles. The van der Waals surface area contributed by atoms with E-state index in [1.807, 2.05) is 13.8 Å². The predicted molar refractivity (Wildman–Crippen MR) is 116 cm³/mol. The second-order valence-corrected chi connectivity index (χ2v) is 8.50. The number of ether oxygens (including phenoxy) is 2. The molecule has 0 unspecified atom stereocenters. The number of rotatable bonds is 7. The van der Waals surface area contributed by atoms with Gasteiger partial charge in [0.1, 0.15) is 22.9 Å². The number of hydrogen-bond donors (Lipinski definition) is 0. The predicted octanol–water partition coefficient (Wildman–Crippen LogP) is 2.71. The summed E-state index contributed by atoms with van der Waals surface area (Å²) >= 11 is 0. The summed E-state index contributed by atoms with van der Waals surface area (Å²) in [5.41, 5.74) is 0.218. The van der Waals surface area contributed by atoms with Gasteiger partial charge in [-0.2, -0.15) is 4.31 Å². The van der Waals surface area contributed by atoms with E-state index in [4.69, 9.17) is 9.47 Å². The van der Waals surface area contributed by atoms with Crippen LogP contribution in [-0.4, -0.2) is 59.1 Å². The lowest BCUT2D eigenvalue weighted by Gasteiger charge is -2.36. The molecule has 9 nitrogen and oxygen atoms in total. The molecular formula is C21H25N3O6S. The third kappa shape index (κ3) is 4.02. The molecule has 1 aliphatic heterocycles. The molecule has 3 rings (SSSR count). The molecule has 0 saturated heterocycles. The van der Waals surface area contributed by atoms with Gasteiger partial charge in [-0.1, -0.05) is 12.1 Å². The molecular weight excluding hydrogens is 422 g/mol. The molecule has 0 aromatic heterocycles. The highest BCUT2D eigenvalue weighted by molar-refractivity contribution is 7.94. The van der Waals surface area contributed by atoms with E-state index < -0.39 is 16.1 Å². The Kier molecular flexibility index (Phi) is 6.40. The molecule has 0 aliphatic carbocycles. The normalized spacial score (nSPS) is 14.8. The lowest BCUT2D eigenvalue weighted by atomic mass is 10.2. The summed E-state index contributed by atoms with van der Waals surface area (Å²) in [6, 6.07) is 9.70. The van der Waals surface area contributed by atoms with Crippen molar-refractivity contribution in [2.45, 2.75) is 18.7 Å². The van der Waals surface area contributed by atoms with Gasteiger partial charge in [0.25, 0.3) is 10.0 Å². The van der Waals surface area contributed by atoms with Crippen molar-refractivity contribution in [2.75, 3.05) is 43.1 Å². The van der Waals surface area contributed by atoms with Gasteiger partial charge in [-0.3, -0.25) is 9.69 Å². The van der Waals surface area contributed by atoms with E-state index >= 15 is 0 Å². The van der Waals surface area contributed by atoms with Gasteiger partial charge in [0.2, 0.25) is 5.91 Å². The Hall–Kier alpha value is -3.27. The molecule has 3 amide bonds. The topological polar surface area (TPSA) is 96.5 Å². The molecule has 0 bridgehead atoms. The van der Waals surface area contributed by atoms with Crippen molar-refractivity contribution in [3.8, 4) is 11.5 Å². The number of methoxy groups -OCH3 is 2. The van der Waals surface area contributed by atoms with Crippen molar-refractivity contribution in [1.29, 1.82) is 0 Å². The smallest absolute Gasteiger partial charge is 0.343 e. The second kappa shape index (κ2) is 8.84. The maximum atomic E-state index is 13.5. The van der Waals surface area contributed by atoms with Gasteiger partial charge in [0, 0.05) is 31.3 Å². The third-order valence-electron chi connectivity index (χ3n) is 5.06. The average molecular weight is 448 g/mol. The lowest BCUT2D eigenvalue weighted by molar-refractivity contribution is -0.129. The number of carbonyl (C=O) groups excluding carboxylic acids is 2. The van der Waals surface area contributed by atoms with Crippen LogP contribution < -0.4 is 18.7 Å². The van der Waals surface area contributed by atoms with Crippen LogP contribution in [0, 0.1) is 0 Å². The van der Waals surface area contributed by atoms with Crippen molar-refractivity contribution in [1.82, 2.24) is 4.90 Å². The minimum Gasteiger partial charge on any atom is -0.497 e. The average Bonchev–Trinajstić information content (AvgIpc) is 2.77. The van der Waals surface area contributed by atoms with Gasteiger partial charge >= 0.3 is 6.03 Å². The highest BCUT2D eigenvalue weighted by Gasteiger charge is 2.43. The van der Waals surface area contributed by atoms with Gasteiger partial charge < -0.3 is 14.4 Å². The van der Waals surface area contributed by atoms with Crippen LogP contribution in [0.5, 0.6) is 11.5 Å². The Morgan fingerprint density at radius 2 is 1.58 bits per heavy atom. The summed E-state index contributed by atoms with van der Waals surface area (Å²) in [5.74, 6) is 0.361. The van der Waals surface area contributed by atoms with E-state index in [1.165, 1.54) is 43.4 Å². The van der Waals surface area contributed by atoms with E-state index in [1.54, 1.807) is 23.1 Å². The zero-order valence-corrected chi connectivity index (χ0v) is 18.7. The van der Waals surface area contributed by atoms with E-state index in [2.05, 4.69) is 0 Å². The molecule has 0 atom stereocenters. The molecule has 1 aliphatic rings. The number of carbonyl (C=O) groups is 2. The number of urea groups is 1. The molecule has 0 fully saturated rings. The van der Waals surface area contributed by atoms with Gasteiger partial charge in [-0.25, -0.2) is 13.2 Å². The Morgan fingerprint density at radius 3 is 2.13 bits per heavy atom. The van der Waals surface area contributed by atoms with Crippen LogP contribution in [0.25, 0.3) is 0 Å². The first kappa shape index (κ1) is 22.4. The Balaban J connectivity index is 2.16. The monoisotopic (exact) mass is 447 g/mol. The molecule has 166 valence electrons. The minimum absolute atomic E-state index is 0.0518. The maximum absolute atomic E-state index is 13.5. The fourth-order valence-electron chi connectivity index (χ4n) is 3.44. The number of para-hydroxylation sites is 1. The van der Waals surface area contributed by atoms with Gasteiger partial charge in [-0.05, 0) is 26.0 Å². The van der Waals surface area contributed by atoms with E-state index in [9.17, 15) is 18.0 Å². The number of likely N-dealkylation sites (N-methyl/N-ethyl adjacent to an activating group) is 1. The van der Waals surface area contributed by atoms with Crippen LogP contribution in [0.3, 0.4) is 0 Å². The van der Waals surface area contributed by atoms with E-state index in [0.29, 0.717) is 28.9 Å². The van der Waals surface area contributed by atoms with Crippen molar-refractivity contribution in [3.63, 3.8) is 0 Å². The van der Waals surface area contributed by atoms with E-state index in [-0.39, 0.29) is 28.7 Å². The summed E-state index contributed by atoms with van der Waals surface area (Å²) in [6.45, 7) is 4.35. The van der Waals surface area contributed by atoms with Crippen LogP contribution >= 0.6 is 0 Å². The highest BCUT2D eigenvalue weighted by Crippen LogP contribution is 2.39. The molecule has 0 radical (unpaired) electrons. The molecule has 0 spiro atoms. The molecule has 0 saturated carbocycles. The quantitative estimate of drug-likeness (QED) is 0.648. The van der Waals surface area contributed by atoms with Crippen LogP contribution in [0.15, 0.2) is 47.4 Å². The number of hydrogen-bond acceptors (Lipinski definition) is 6. The highest BCUT2D eigenvalue weighted by atomic mass is 32.2. The molecule has 0 N–H and O–H groups in total. The van der Waals surface area contributed by atoms with Crippen LogP contribution in [-0.2, 0) is 14.8 Å². The van der Waals surface area contributed by atoms with Crippen LogP contribution in [0.1, 0.15) is 13.8 Å². The van der Waals surface area contributed by atoms with Gasteiger partial charge in [-0.15, -0.1) is 0 Å². The first-order valence-electron chi connectivity index (χ1n) is 9.75. The van der Waals surface area contributed by atoms with Crippen LogP contribution in [0.4, 0.5) is 16.2 Å². The fourth-order valence-corrected chi connectivity index (χ4v) is 5.01. The summed E-state index contributed by atoms with van der Waals surface area (Å²) < 4.78 is 37.9. The lowest BCUT2D eigenvalue weighted by Crippen LogP contribution is -2.54. The number of anilines is 2. The van der Waals surface area contributed by atoms with Crippen molar-refractivity contribution in [2.24, 2.45) is 0 Å². The summed E-state index contributed by atoms with van der Waals surface area (Å²) in [6.07, 6.45) is 0. The largest absolute Gasteiger partial charge is 0.497 e. The zero-order chi connectivity index (χ0) is 22.8. The van der Waals surface area contributed by atoms with Crippen molar-refractivity contribution >= 4 is 33.3 Å². The number of amides is 3. The summed E-state index contributed by atoms with van der Waals surface area (Å²) in [4.78, 5) is 28.9. The summed E-state index contributed by atoms with van der Waals surface area (Å²) in [7, 11) is -1.38. The van der Waals surface area contributed by atoms with Crippen molar-refractivity contribution in [3.05, 3.63) is 42.5 Å². The third-order valence-corrected chi connectivity index (χ3v) is 6.81. The number of nitrogens with zero attached hydrogens (tertiary/aromatic N) is 3. The maximum Gasteiger partial charge on any atom is 0.343 e. The molecule has 2 aromatic rings. The number of fused-ring (bicyclic) bond motifs is 1. The standard InChI is InChI=1S/C21H25N3O6S/c1-5-22(6-2)20(25)14-23-18-9-7-8-10-19(18)31(27,28)24(21(23)26)15-11-16(29-3)13-17(12-15)30-4/h7-13H,5-6,14H2,1-4H3. The van der Waals surface area contributed by atoms with E-state index in [0.717, 1.165) is 0 Å². The Labute approximate surface area is 181 Å². The number of benzene rings is 2. The minimum atomic E-state index is -4.23. The Bertz CT molecular complexity index is 1080. The SMILES string of the molecule is CCN(CC)C(=O)CN1C(=O)N(c2cc(OC)cc(OC)c2)S(=O)(=O)c2ccccc21. The second-order valence-electron chi connectivity index (χ2n) is 6.74. The first-order valence-corrected chi connectivity index (χ1v) is 11.2. The summed E-state index contributed by atoms with van der Waals surface area (Å²) in [5, 5.41) is 0. The number of sulfonamides is 1.